The van der Waals surface area contributed by atoms with Crippen LogP contribution in [-0.4, -0.2) is 15.0 Å². The molecule has 0 amide bonds. The Labute approximate surface area is 306 Å². The molecular weight excluding hydrogens is 647 g/mol. The summed E-state index contributed by atoms with van der Waals surface area (Å²) in [6.45, 7) is 0. The third kappa shape index (κ3) is 5.63. The van der Waals surface area contributed by atoms with E-state index in [4.69, 9.17) is 19.4 Å². The van der Waals surface area contributed by atoms with E-state index in [1.807, 2.05) is 36.4 Å². The van der Waals surface area contributed by atoms with Crippen LogP contribution in [0.5, 0.6) is 0 Å². The maximum Gasteiger partial charge on any atom is 0.167 e. The lowest BCUT2D eigenvalue weighted by molar-refractivity contribution is 0.669. The predicted octanol–water partition coefficient (Wildman–Crippen LogP) is 12.9. The molecule has 2 heterocycles. The average Bonchev–Trinajstić information content (AvgIpc) is 3.63. The van der Waals surface area contributed by atoms with Crippen molar-refractivity contribution in [2.24, 2.45) is 0 Å². The maximum absolute atomic E-state index is 6.43. The van der Waals surface area contributed by atoms with Crippen molar-refractivity contribution in [3.05, 3.63) is 188 Å². The lowest BCUT2D eigenvalue weighted by Crippen LogP contribution is -2.00. The van der Waals surface area contributed by atoms with Crippen molar-refractivity contribution in [2.45, 2.75) is 0 Å². The van der Waals surface area contributed by atoms with Gasteiger partial charge in [0.05, 0.1) is 5.56 Å². The van der Waals surface area contributed by atoms with Gasteiger partial charge in [0, 0.05) is 21.9 Å². The van der Waals surface area contributed by atoms with Gasteiger partial charge in [0.25, 0.3) is 0 Å². The number of hydrogen-bond donors (Lipinski definition) is 0. The Morgan fingerprint density at radius 1 is 0.302 bits per heavy atom. The van der Waals surface area contributed by atoms with Gasteiger partial charge in [-0.15, -0.1) is 0 Å². The van der Waals surface area contributed by atoms with Crippen molar-refractivity contribution in [3.8, 4) is 67.5 Å². The number of furan rings is 1. The predicted molar refractivity (Wildman–Crippen MR) is 217 cm³/mol. The van der Waals surface area contributed by atoms with Crippen molar-refractivity contribution >= 4 is 32.7 Å². The SMILES string of the molecule is c1ccc(-c2cccc(-c3ccc(-c4nc(-c5ccc(-c6cccc7ccccc67)cc5)nc(-c5cccc6c5oc5ccccc56)n4)cc3)c2)cc1. The Hall–Kier alpha value is -7.17. The molecule has 4 heteroatoms. The van der Waals surface area contributed by atoms with Gasteiger partial charge in [-0.05, 0) is 62.4 Å². The first kappa shape index (κ1) is 30.6. The molecule has 10 aromatic rings. The third-order valence-electron chi connectivity index (χ3n) is 9.97. The minimum absolute atomic E-state index is 0.562. The summed E-state index contributed by atoms with van der Waals surface area (Å²) in [6.07, 6.45) is 0. The van der Waals surface area contributed by atoms with Crippen molar-refractivity contribution in [1.29, 1.82) is 0 Å². The first-order valence-electron chi connectivity index (χ1n) is 17.8. The molecule has 0 aliphatic rings. The summed E-state index contributed by atoms with van der Waals surface area (Å²) in [5, 5.41) is 4.54. The molecule has 0 fully saturated rings. The number of aromatic nitrogens is 3. The van der Waals surface area contributed by atoms with Gasteiger partial charge in [0.1, 0.15) is 11.2 Å². The van der Waals surface area contributed by atoms with E-state index in [0.717, 1.165) is 55.3 Å². The minimum Gasteiger partial charge on any atom is -0.455 e. The molecule has 0 unspecified atom stereocenters. The van der Waals surface area contributed by atoms with Crippen LogP contribution in [0.2, 0.25) is 0 Å². The topological polar surface area (TPSA) is 51.8 Å². The zero-order valence-corrected chi connectivity index (χ0v) is 28.6. The summed E-state index contributed by atoms with van der Waals surface area (Å²) >= 11 is 0. The zero-order chi connectivity index (χ0) is 35.1. The Morgan fingerprint density at radius 3 is 1.55 bits per heavy atom. The number of nitrogens with zero attached hydrogens (tertiary/aromatic N) is 3. The second-order valence-electron chi connectivity index (χ2n) is 13.2. The van der Waals surface area contributed by atoms with Gasteiger partial charge in [-0.2, -0.15) is 0 Å². The molecule has 0 bridgehead atoms. The molecule has 0 saturated heterocycles. The monoisotopic (exact) mass is 677 g/mol. The van der Waals surface area contributed by atoms with E-state index in [-0.39, 0.29) is 0 Å². The van der Waals surface area contributed by atoms with Crippen molar-refractivity contribution < 1.29 is 4.42 Å². The van der Waals surface area contributed by atoms with Gasteiger partial charge >= 0.3 is 0 Å². The summed E-state index contributed by atoms with van der Waals surface area (Å²) in [5.74, 6) is 1.76. The molecule has 53 heavy (non-hydrogen) atoms. The fraction of sp³-hybridized carbons (Fsp3) is 0. The molecule has 2 aromatic heterocycles. The normalized spacial score (nSPS) is 11.4. The first-order valence-corrected chi connectivity index (χ1v) is 17.8. The highest BCUT2D eigenvalue weighted by atomic mass is 16.3. The van der Waals surface area contributed by atoms with E-state index in [1.165, 1.54) is 27.5 Å². The van der Waals surface area contributed by atoms with E-state index in [1.54, 1.807) is 0 Å². The van der Waals surface area contributed by atoms with Crippen molar-refractivity contribution in [1.82, 2.24) is 15.0 Å². The number of hydrogen-bond acceptors (Lipinski definition) is 4. The molecule has 0 aliphatic heterocycles. The van der Waals surface area contributed by atoms with Crippen molar-refractivity contribution in [3.63, 3.8) is 0 Å². The van der Waals surface area contributed by atoms with Gasteiger partial charge in [-0.3, -0.25) is 0 Å². The quantitative estimate of drug-likeness (QED) is 0.176. The Kier molecular flexibility index (Phi) is 7.43. The average molecular weight is 678 g/mol. The van der Waals surface area contributed by atoms with E-state index >= 15 is 0 Å². The maximum atomic E-state index is 6.43. The number of para-hydroxylation sites is 2. The molecule has 4 nitrogen and oxygen atoms in total. The van der Waals surface area contributed by atoms with Gasteiger partial charge in [0.2, 0.25) is 0 Å². The third-order valence-corrected chi connectivity index (χ3v) is 9.97. The van der Waals surface area contributed by atoms with Crippen LogP contribution in [0.3, 0.4) is 0 Å². The van der Waals surface area contributed by atoms with E-state index < -0.39 is 0 Å². The van der Waals surface area contributed by atoms with Crippen LogP contribution in [0.15, 0.2) is 192 Å². The standard InChI is InChI=1S/C49H31N3O/c1-2-11-32(12-3-1)38-15-8-16-39(31-38)33-23-27-36(28-24-33)47-50-48(37-29-25-35(26-30-37)41-19-9-14-34-13-4-5-17-40(34)41)52-49(51-47)44-21-10-20-43-42-18-6-7-22-45(42)53-46(43)44/h1-31H. The molecule has 0 aliphatic carbocycles. The molecular formula is C49H31N3O. The van der Waals surface area contributed by atoms with Gasteiger partial charge in [0.15, 0.2) is 17.5 Å². The molecule has 0 radical (unpaired) electrons. The highest BCUT2D eigenvalue weighted by molar-refractivity contribution is 6.09. The van der Waals surface area contributed by atoms with E-state index in [0.29, 0.717) is 17.5 Å². The molecule has 0 atom stereocenters. The minimum atomic E-state index is 0.562. The zero-order valence-electron chi connectivity index (χ0n) is 28.6. The summed E-state index contributed by atoms with van der Waals surface area (Å²) in [5.41, 5.74) is 11.2. The van der Waals surface area contributed by atoms with Crippen LogP contribution in [0.25, 0.3) is 100 Å². The van der Waals surface area contributed by atoms with Crippen LogP contribution < -0.4 is 0 Å². The van der Waals surface area contributed by atoms with E-state index in [9.17, 15) is 0 Å². The van der Waals surface area contributed by atoms with Crippen LogP contribution >= 0.6 is 0 Å². The number of fused-ring (bicyclic) bond motifs is 4. The molecule has 0 spiro atoms. The van der Waals surface area contributed by atoms with Crippen LogP contribution in [0.4, 0.5) is 0 Å². The van der Waals surface area contributed by atoms with Gasteiger partial charge in [-0.25, -0.2) is 15.0 Å². The van der Waals surface area contributed by atoms with Gasteiger partial charge in [-0.1, -0.05) is 170 Å². The summed E-state index contributed by atoms with van der Waals surface area (Å²) in [7, 11) is 0. The van der Waals surface area contributed by atoms with Crippen LogP contribution in [0.1, 0.15) is 0 Å². The first-order chi connectivity index (χ1) is 26.2. The summed E-state index contributed by atoms with van der Waals surface area (Å²) < 4.78 is 6.43. The Bertz CT molecular complexity index is 2920. The Balaban J connectivity index is 1.08. The highest BCUT2D eigenvalue weighted by Crippen LogP contribution is 2.37. The summed E-state index contributed by atoms with van der Waals surface area (Å²) in [6, 6.07) is 65.3. The molecule has 8 aromatic carbocycles. The van der Waals surface area contributed by atoms with Crippen LogP contribution in [0, 0.1) is 0 Å². The highest BCUT2D eigenvalue weighted by Gasteiger charge is 2.18. The van der Waals surface area contributed by atoms with E-state index in [2.05, 4.69) is 152 Å². The number of rotatable bonds is 6. The smallest absolute Gasteiger partial charge is 0.167 e. The fourth-order valence-corrected chi connectivity index (χ4v) is 7.27. The Morgan fingerprint density at radius 2 is 0.792 bits per heavy atom. The molecule has 10 rings (SSSR count). The molecule has 0 N–H and O–H groups in total. The number of benzene rings is 8. The van der Waals surface area contributed by atoms with Gasteiger partial charge < -0.3 is 4.42 Å². The fourth-order valence-electron chi connectivity index (χ4n) is 7.27. The van der Waals surface area contributed by atoms with Crippen LogP contribution in [-0.2, 0) is 0 Å². The second-order valence-corrected chi connectivity index (χ2v) is 13.2. The largest absolute Gasteiger partial charge is 0.455 e. The van der Waals surface area contributed by atoms with Crippen molar-refractivity contribution in [2.75, 3.05) is 0 Å². The molecule has 248 valence electrons. The second kappa shape index (κ2) is 12.9. The lowest BCUT2D eigenvalue weighted by Gasteiger charge is -2.11. The molecule has 0 saturated carbocycles. The lowest BCUT2D eigenvalue weighted by atomic mass is 9.97. The summed E-state index contributed by atoms with van der Waals surface area (Å²) in [4.78, 5) is 15.3.